The Balaban J connectivity index is 1.67. The Bertz CT molecular complexity index is 899. The van der Waals surface area contributed by atoms with Gasteiger partial charge in [-0.1, -0.05) is 0 Å². The van der Waals surface area contributed by atoms with Crippen molar-refractivity contribution in [2.45, 2.75) is 25.3 Å². The Kier molecular flexibility index (Phi) is 3.49. The molecular formula is C17H14BrFN2O2. The molecule has 2 heterocycles. The Morgan fingerprint density at radius 1 is 1.35 bits per heavy atom. The molecule has 0 radical (unpaired) electrons. The van der Waals surface area contributed by atoms with Crippen LogP contribution in [0.4, 0.5) is 4.39 Å². The number of carbonyl (C=O) groups excluding carboxylic acids is 1. The summed E-state index contributed by atoms with van der Waals surface area (Å²) in [4.78, 5) is 15.6. The minimum atomic E-state index is -0.251. The van der Waals surface area contributed by atoms with E-state index in [-0.39, 0.29) is 23.5 Å². The molecule has 4 rings (SSSR count). The average molecular weight is 377 g/mol. The predicted octanol–water partition coefficient (Wildman–Crippen LogP) is 4.47. The van der Waals surface area contributed by atoms with Crippen molar-refractivity contribution < 1.29 is 13.6 Å². The van der Waals surface area contributed by atoms with E-state index in [1.165, 1.54) is 6.07 Å². The van der Waals surface area contributed by atoms with Gasteiger partial charge >= 0.3 is 0 Å². The number of amides is 1. The minimum Gasteiger partial charge on any atom is -0.444 e. The van der Waals surface area contributed by atoms with Gasteiger partial charge in [0.15, 0.2) is 10.4 Å². The second-order valence-corrected chi connectivity index (χ2v) is 6.51. The summed E-state index contributed by atoms with van der Waals surface area (Å²) in [7, 11) is 0. The molecule has 0 saturated heterocycles. The van der Waals surface area contributed by atoms with E-state index in [0.29, 0.717) is 4.67 Å². The minimum absolute atomic E-state index is 0.120. The molecule has 1 amide bonds. The highest BCUT2D eigenvalue weighted by Gasteiger charge is 2.26. The summed E-state index contributed by atoms with van der Waals surface area (Å²) in [5, 5.41) is 3.90. The number of furan rings is 1. The Hall–Kier alpha value is -2.08. The van der Waals surface area contributed by atoms with Crippen LogP contribution < -0.4 is 5.32 Å². The van der Waals surface area contributed by atoms with E-state index in [1.54, 1.807) is 24.3 Å². The number of benzene rings is 1. The lowest BCUT2D eigenvalue weighted by molar-refractivity contribution is 0.0902. The molecule has 0 fully saturated rings. The zero-order chi connectivity index (χ0) is 16.0. The maximum absolute atomic E-state index is 13.5. The summed E-state index contributed by atoms with van der Waals surface area (Å²) in [5.41, 5.74) is 2.96. The number of hydrogen-bond acceptors (Lipinski definition) is 2. The van der Waals surface area contributed by atoms with Crippen molar-refractivity contribution >= 4 is 32.7 Å². The lowest BCUT2D eigenvalue weighted by Gasteiger charge is -2.23. The van der Waals surface area contributed by atoms with Crippen LogP contribution in [0.2, 0.25) is 0 Å². The number of fused-ring (bicyclic) bond motifs is 3. The summed E-state index contributed by atoms with van der Waals surface area (Å²) in [6, 6.07) is 7.93. The Morgan fingerprint density at radius 3 is 3.00 bits per heavy atom. The molecule has 0 aliphatic heterocycles. The molecule has 6 heteroatoms. The van der Waals surface area contributed by atoms with Crippen molar-refractivity contribution in [2.75, 3.05) is 0 Å². The first kappa shape index (κ1) is 14.5. The maximum atomic E-state index is 13.5. The van der Waals surface area contributed by atoms with Crippen LogP contribution in [0, 0.1) is 5.82 Å². The van der Waals surface area contributed by atoms with Crippen molar-refractivity contribution in [2.24, 2.45) is 0 Å². The number of aromatic nitrogens is 1. The van der Waals surface area contributed by atoms with Gasteiger partial charge in [0.25, 0.3) is 5.91 Å². The SMILES string of the molecule is O=C(N[C@H]1CCCc2c1[nH]c1ccc(F)cc21)c1ccc(Br)o1. The molecule has 1 aromatic carbocycles. The van der Waals surface area contributed by atoms with Gasteiger partial charge in [0, 0.05) is 16.6 Å². The van der Waals surface area contributed by atoms with E-state index in [0.717, 1.165) is 41.4 Å². The van der Waals surface area contributed by atoms with Crippen molar-refractivity contribution in [1.82, 2.24) is 10.3 Å². The molecule has 1 aliphatic rings. The van der Waals surface area contributed by atoms with Gasteiger partial charge in [-0.15, -0.1) is 0 Å². The van der Waals surface area contributed by atoms with Crippen LogP contribution in [0.15, 0.2) is 39.4 Å². The fraction of sp³-hybridized carbons (Fsp3) is 0.235. The number of aryl methyl sites for hydroxylation is 1. The number of carbonyl (C=O) groups is 1. The van der Waals surface area contributed by atoms with Gasteiger partial charge in [-0.25, -0.2) is 4.39 Å². The highest BCUT2D eigenvalue weighted by molar-refractivity contribution is 9.10. The quantitative estimate of drug-likeness (QED) is 0.692. The zero-order valence-corrected chi connectivity index (χ0v) is 13.7. The predicted molar refractivity (Wildman–Crippen MR) is 87.8 cm³/mol. The zero-order valence-electron chi connectivity index (χ0n) is 12.2. The van der Waals surface area contributed by atoms with Crippen LogP contribution in [0.3, 0.4) is 0 Å². The number of halogens is 2. The molecule has 0 saturated carbocycles. The second-order valence-electron chi connectivity index (χ2n) is 5.73. The summed E-state index contributed by atoms with van der Waals surface area (Å²) in [6.45, 7) is 0. The molecule has 23 heavy (non-hydrogen) atoms. The van der Waals surface area contributed by atoms with E-state index in [9.17, 15) is 9.18 Å². The van der Waals surface area contributed by atoms with E-state index >= 15 is 0 Å². The fourth-order valence-electron chi connectivity index (χ4n) is 3.24. The highest BCUT2D eigenvalue weighted by Crippen LogP contribution is 2.35. The topological polar surface area (TPSA) is 58.0 Å². The largest absolute Gasteiger partial charge is 0.444 e. The van der Waals surface area contributed by atoms with Gasteiger partial charge in [0.2, 0.25) is 0 Å². The standard InChI is InChI=1S/C17H14BrFN2O2/c18-15-7-6-14(23-15)17(22)21-13-3-1-2-10-11-8-9(19)4-5-12(11)20-16(10)13/h4-8,13,20H,1-3H2,(H,21,22)/t13-/m0/s1. The van der Waals surface area contributed by atoms with Gasteiger partial charge in [0.05, 0.1) is 6.04 Å². The van der Waals surface area contributed by atoms with E-state index in [2.05, 4.69) is 26.2 Å². The van der Waals surface area contributed by atoms with Crippen LogP contribution >= 0.6 is 15.9 Å². The van der Waals surface area contributed by atoms with Gasteiger partial charge in [-0.3, -0.25) is 4.79 Å². The molecule has 2 aromatic heterocycles. The molecule has 0 bridgehead atoms. The third-order valence-electron chi connectivity index (χ3n) is 4.27. The Morgan fingerprint density at radius 2 is 2.22 bits per heavy atom. The fourth-order valence-corrected chi connectivity index (χ4v) is 3.55. The molecule has 1 atom stereocenters. The van der Waals surface area contributed by atoms with Gasteiger partial charge < -0.3 is 14.7 Å². The Labute approximate surface area is 140 Å². The van der Waals surface area contributed by atoms with E-state index in [4.69, 9.17) is 4.42 Å². The van der Waals surface area contributed by atoms with Crippen LogP contribution in [-0.4, -0.2) is 10.9 Å². The molecule has 1 aliphatic carbocycles. The second kappa shape index (κ2) is 5.53. The van der Waals surface area contributed by atoms with Gasteiger partial charge in [0.1, 0.15) is 5.82 Å². The molecule has 2 N–H and O–H groups in total. The molecule has 118 valence electrons. The van der Waals surface area contributed by atoms with Crippen molar-refractivity contribution in [1.29, 1.82) is 0 Å². The number of H-pyrrole nitrogens is 1. The smallest absolute Gasteiger partial charge is 0.287 e. The maximum Gasteiger partial charge on any atom is 0.287 e. The summed E-state index contributed by atoms with van der Waals surface area (Å²) >= 11 is 3.19. The molecule has 3 aromatic rings. The van der Waals surface area contributed by atoms with Gasteiger partial charge in [-0.2, -0.15) is 0 Å². The average Bonchev–Trinajstić information content (AvgIpc) is 3.12. The number of nitrogens with one attached hydrogen (secondary N) is 2. The summed E-state index contributed by atoms with van der Waals surface area (Å²) < 4.78 is 19.3. The van der Waals surface area contributed by atoms with E-state index < -0.39 is 0 Å². The van der Waals surface area contributed by atoms with Crippen LogP contribution in [0.5, 0.6) is 0 Å². The van der Waals surface area contributed by atoms with Crippen LogP contribution in [0.1, 0.15) is 40.7 Å². The molecular weight excluding hydrogens is 363 g/mol. The third-order valence-corrected chi connectivity index (χ3v) is 4.70. The lowest BCUT2D eigenvalue weighted by atomic mass is 9.91. The first-order valence-electron chi connectivity index (χ1n) is 7.48. The highest BCUT2D eigenvalue weighted by atomic mass is 79.9. The monoisotopic (exact) mass is 376 g/mol. The third kappa shape index (κ3) is 2.57. The molecule has 0 unspecified atom stereocenters. The number of aromatic amines is 1. The number of rotatable bonds is 2. The first-order chi connectivity index (χ1) is 11.1. The van der Waals surface area contributed by atoms with Crippen molar-refractivity contribution in [3.05, 3.63) is 57.8 Å². The van der Waals surface area contributed by atoms with Gasteiger partial charge in [-0.05, 0) is 71.1 Å². The normalized spacial score (nSPS) is 17.2. The summed E-state index contributed by atoms with van der Waals surface area (Å²) in [5.74, 6) is -0.226. The van der Waals surface area contributed by atoms with Crippen LogP contribution in [0.25, 0.3) is 10.9 Å². The lowest BCUT2D eigenvalue weighted by Crippen LogP contribution is -2.30. The molecule has 0 spiro atoms. The van der Waals surface area contributed by atoms with Crippen molar-refractivity contribution in [3.8, 4) is 0 Å². The van der Waals surface area contributed by atoms with Crippen LogP contribution in [-0.2, 0) is 6.42 Å². The summed E-state index contributed by atoms with van der Waals surface area (Å²) in [6.07, 6.45) is 2.68. The van der Waals surface area contributed by atoms with Crippen molar-refractivity contribution in [3.63, 3.8) is 0 Å². The first-order valence-corrected chi connectivity index (χ1v) is 8.27. The number of hydrogen-bond donors (Lipinski definition) is 2. The molecule has 4 nitrogen and oxygen atoms in total. The van der Waals surface area contributed by atoms with E-state index in [1.807, 2.05) is 0 Å².